The maximum Gasteiger partial charge on any atom is 0.490 e. The number of rotatable bonds is 4. The van der Waals surface area contributed by atoms with Crippen LogP contribution in [0.3, 0.4) is 0 Å². The Bertz CT molecular complexity index is 803. The Morgan fingerprint density at radius 1 is 1.32 bits per heavy atom. The Kier molecular flexibility index (Phi) is 7.19. The number of halogens is 3. The van der Waals surface area contributed by atoms with Crippen molar-refractivity contribution >= 4 is 23.2 Å². The summed E-state index contributed by atoms with van der Waals surface area (Å²) >= 11 is 1.64. The fourth-order valence-corrected chi connectivity index (χ4v) is 3.29. The van der Waals surface area contributed by atoms with Crippen LogP contribution < -0.4 is 0 Å². The fraction of sp³-hybridized carbons (Fsp3) is 0.471. The lowest BCUT2D eigenvalue weighted by Gasteiger charge is -2.27. The van der Waals surface area contributed by atoms with E-state index in [0.29, 0.717) is 13.0 Å². The first kappa shape index (κ1) is 21.9. The Morgan fingerprint density at radius 3 is 2.54 bits per heavy atom. The predicted octanol–water partition coefficient (Wildman–Crippen LogP) is 2.22. The molecule has 0 radical (unpaired) electrons. The Hall–Kier alpha value is -2.40. The average Bonchev–Trinajstić information content (AvgIpc) is 3.21. The zero-order chi connectivity index (χ0) is 20.9. The molecule has 3 rings (SSSR count). The molecule has 0 aromatic carbocycles. The third kappa shape index (κ3) is 6.34. The first-order valence-corrected chi connectivity index (χ1v) is 9.24. The van der Waals surface area contributed by atoms with Gasteiger partial charge in [-0.1, -0.05) is 6.07 Å². The number of aromatic nitrogens is 2. The summed E-state index contributed by atoms with van der Waals surface area (Å²) in [7, 11) is 4.07. The van der Waals surface area contributed by atoms with Crippen molar-refractivity contribution in [2.24, 2.45) is 0 Å². The van der Waals surface area contributed by atoms with E-state index < -0.39 is 12.1 Å². The summed E-state index contributed by atoms with van der Waals surface area (Å²) in [6.45, 7) is 3.07. The highest BCUT2D eigenvalue weighted by molar-refractivity contribution is 7.10. The zero-order valence-electron chi connectivity index (χ0n) is 15.4. The van der Waals surface area contributed by atoms with Gasteiger partial charge in [-0.2, -0.15) is 13.2 Å². The normalized spacial score (nSPS) is 13.7. The lowest BCUT2D eigenvalue weighted by Crippen LogP contribution is -2.39. The van der Waals surface area contributed by atoms with E-state index in [1.54, 1.807) is 11.3 Å². The van der Waals surface area contributed by atoms with Gasteiger partial charge in [-0.15, -0.1) is 11.3 Å². The van der Waals surface area contributed by atoms with Crippen molar-refractivity contribution in [2.75, 3.05) is 20.6 Å². The van der Waals surface area contributed by atoms with E-state index in [1.165, 1.54) is 0 Å². The maximum absolute atomic E-state index is 12.3. The van der Waals surface area contributed by atoms with Gasteiger partial charge in [0, 0.05) is 30.7 Å². The molecule has 1 N–H and O–H groups in total. The fourth-order valence-electron chi connectivity index (χ4n) is 2.60. The number of thiophene rings is 1. The molecular formula is C17H21F3N4O3S. The van der Waals surface area contributed by atoms with Gasteiger partial charge in [0.1, 0.15) is 5.82 Å². The molecule has 0 saturated carbocycles. The molecule has 154 valence electrons. The van der Waals surface area contributed by atoms with Crippen LogP contribution in [0.15, 0.2) is 23.7 Å². The SMILES string of the molecule is CN(C)Cc1cn2c(n1)CN(C(=O)Cc1cccs1)CC2.O=C(O)C(F)(F)F. The number of aliphatic carboxylic acids is 1. The molecular weight excluding hydrogens is 397 g/mol. The van der Waals surface area contributed by atoms with Crippen LogP contribution in [0.1, 0.15) is 16.4 Å². The van der Waals surface area contributed by atoms with Gasteiger partial charge < -0.3 is 19.5 Å². The van der Waals surface area contributed by atoms with Crippen LogP contribution in [0.4, 0.5) is 13.2 Å². The van der Waals surface area contributed by atoms with Crippen LogP contribution in [0, 0.1) is 0 Å². The van der Waals surface area contributed by atoms with Gasteiger partial charge >= 0.3 is 12.1 Å². The molecule has 1 aliphatic rings. The van der Waals surface area contributed by atoms with Crippen LogP contribution in [0.25, 0.3) is 0 Å². The number of amides is 1. The summed E-state index contributed by atoms with van der Waals surface area (Å²) in [5.41, 5.74) is 1.07. The van der Waals surface area contributed by atoms with E-state index in [1.807, 2.05) is 36.5 Å². The molecule has 0 spiro atoms. The number of hydrogen-bond donors (Lipinski definition) is 1. The summed E-state index contributed by atoms with van der Waals surface area (Å²) in [5.74, 6) is -1.56. The number of alkyl halides is 3. The predicted molar refractivity (Wildman–Crippen MR) is 96.7 cm³/mol. The minimum Gasteiger partial charge on any atom is -0.475 e. The van der Waals surface area contributed by atoms with E-state index in [2.05, 4.69) is 20.6 Å². The second-order valence-electron chi connectivity index (χ2n) is 6.45. The van der Waals surface area contributed by atoms with Crippen LogP contribution in [0.2, 0.25) is 0 Å². The number of fused-ring (bicyclic) bond motifs is 1. The van der Waals surface area contributed by atoms with Crippen LogP contribution in [0.5, 0.6) is 0 Å². The molecule has 2 aromatic heterocycles. The topological polar surface area (TPSA) is 78.7 Å². The van der Waals surface area contributed by atoms with Gasteiger partial charge in [0.15, 0.2) is 0 Å². The van der Waals surface area contributed by atoms with E-state index in [4.69, 9.17) is 9.90 Å². The second-order valence-corrected chi connectivity index (χ2v) is 7.49. The van der Waals surface area contributed by atoms with Crippen molar-refractivity contribution in [3.63, 3.8) is 0 Å². The van der Waals surface area contributed by atoms with Crippen molar-refractivity contribution in [3.8, 4) is 0 Å². The summed E-state index contributed by atoms with van der Waals surface area (Å²) in [6, 6.07) is 4.01. The van der Waals surface area contributed by atoms with Crippen LogP contribution in [-0.2, 0) is 35.6 Å². The highest BCUT2D eigenvalue weighted by atomic mass is 32.1. The second kappa shape index (κ2) is 9.20. The Balaban J connectivity index is 0.000000345. The molecule has 1 amide bonds. The first-order valence-electron chi connectivity index (χ1n) is 8.36. The summed E-state index contributed by atoms with van der Waals surface area (Å²) in [4.78, 5) is 31.0. The monoisotopic (exact) mass is 418 g/mol. The minimum atomic E-state index is -5.08. The van der Waals surface area contributed by atoms with Gasteiger partial charge in [0.2, 0.25) is 5.91 Å². The van der Waals surface area contributed by atoms with Crippen LogP contribution >= 0.6 is 11.3 Å². The smallest absolute Gasteiger partial charge is 0.475 e. The number of carboxylic acid groups (broad SMARTS) is 1. The number of carboxylic acids is 1. The van der Waals surface area contributed by atoms with E-state index in [0.717, 1.165) is 36.0 Å². The van der Waals surface area contributed by atoms with E-state index in [9.17, 15) is 18.0 Å². The lowest BCUT2D eigenvalue weighted by atomic mass is 10.2. The quantitative estimate of drug-likeness (QED) is 0.824. The van der Waals surface area contributed by atoms with Crippen molar-refractivity contribution in [3.05, 3.63) is 40.1 Å². The van der Waals surface area contributed by atoms with Gasteiger partial charge in [-0.05, 0) is 25.5 Å². The average molecular weight is 418 g/mol. The first-order chi connectivity index (χ1) is 13.1. The largest absolute Gasteiger partial charge is 0.490 e. The van der Waals surface area contributed by atoms with Crippen molar-refractivity contribution in [1.29, 1.82) is 0 Å². The Labute approximate surface area is 164 Å². The van der Waals surface area contributed by atoms with Gasteiger partial charge in [0.05, 0.1) is 18.7 Å². The molecule has 7 nitrogen and oxygen atoms in total. The van der Waals surface area contributed by atoms with Crippen molar-refractivity contribution < 1.29 is 27.9 Å². The van der Waals surface area contributed by atoms with E-state index >= 15 is 0 Å². The van der Waals surface area contributed by atoms with Gasteiger partial charge in [-0.3, -0.25) is 4.79 Å². The molecule has 0 saturated heterocycles. The third-order valence-corrected chi connectivity index (χ3v) is 4.71. The lowest BCUT2D eigenvalue weighted by molar-refractivity contribution is -0.192. The highest BCUT2D eigenvalue weighted by Crippen LogP contribution is 2.17. The molecule has 1 aliphatic heterocycles. The molecule has 11 heteroatoms. The summed E-state index contributed by atoms with van der Waals surface area (Å²) in [5, 5.41) is 9.14. The number of carbonyl (C=O) groups is 2. The summed E-state index contributed by atoms with van der Waals surface area (Å²) in [6.07, 6.45) is -2.47. The molecule has 3 heterocycles. The minimum absolute atomic E-state index is 0.195. The summed E-state index contributed by atoms with van der Waals surface area (Å²) < 4.78 is 33.9. The number of hydrogen-bond acceptors (Lipinski definition) is 5. The zero-order valence-corrected chi connectivity index (χ0v) is 16.3. The number of imidazole rings is 1. The molecule has 2 aromatic rings. The van der Waals surface area contributed by atoms with Crippen LogP contribution in [-0.4, -0.2) is 63.2 Å². The van der Waals surface area contributed by atoms with Gasteiger partial charge in [0.25, 0.3) is 0 Å². The third-order valence-electron chi connectivity index (χ3n) is 3.83. The molecule has 0 unspecified atom stereocenters. The molecule has 0 atom stereocenters. The molecule has 0 bridgehead atoms. The van der Waals surface area contributed by atoms with E-state index in [-0.39, 0.29) is 5.91 Å². The molecule has 0 aliphatic carbocycles. The highest BCUT2D eigenvalue weighted by Gasteiger charge is 2.38. The molecule has 28 heavy (non-hydrogen) atoms. The standard InChI is InChI=1S/C15H20N4OS.C2HF3O2/c1-17(2)9-12-10-18-5-6-19(11-14(18)16-12)15(20)8-13-4-3-7-21-13;3-2(4,5)1(6)7/h3-4,7,10H,5-6,8-9,11H2,1-2H3;(H,6,7). The number of carbonyl (C=O) groups excluding carboxylic acids is 1. The molecule has 0 fully saturated rings. The van der Waals surface area contributed by atoms with Crippen molar-refractivity contribution in [2.45, 2.75) is 32.2 Å². The van der Waals surface area contributed by atoms with Crippen molar-refractivity contribution in [1.82, 2.24) is 19.4 Å². The van der Waals surface area contributed by atoms with Gasteiger partial charge in [-0.25, -0.2) is 9.78 Å². The number of nitrogens with zero attached hydrogens (tertiary/aromatic N) is 4. The maximum atomic E-state index is 12.3. The Morgan fingerprint density at radius 2 is 2.00 bits per heavy atom.